The van der Waals surface area contributed by atoms with Gasteiger partial charge in [0.05, 0.1) is 12.2 Å². The third-order valence-corrected chi connectivity index (χ3v) is 6.62. The molecule has 0 aliphatic carbocycles. The Morgan fingerprint density at radius 2 is 1.59 bits per heavy atom. The average Bonchev–Trinajstić information content (AvgIpc) is 3.24. The molecule has 7 heteroatoms. The zero-order valence-corrected chi connectivity index (χ0v) is 19.9. The highest BCUT2D eigenvalue weighted by Gasteiger charge is 2.54. The molecule has 34 heavy (non-hydrogen) atoms. The predicted molar refractivity (Wildman–Crippen MR) is 128 cm³/mol. The van der Waals surface area contributed by atoms with Crippen LogP contribution in [0.1, 0.15) is 61.3 Å². The van der Waals surface area contributed by atoms with Crippen LogP contribution in [0.5, 0.6) is 0 Å². The predicted octanol–water partition coefficient (Wildman–Crippen LogP) is 4.13. The van der Waals surface area contributed by atoms with Gasteiger partial charge >= 0.3 is 6.03 Å². The molecule has 1 fully saturated rings. The molecule has 0 saturated carbocycles. The Balaban J connectivity index is 1.76. The molecule has 1 aliphatic heterocycles. The Labute approximate surface area is 198 Å². The summed E-state index contributed by atoms with van der Waals surface area (Å²) >= 11 is 0. The smallest absolute Gasteiger partial charge is 0.325 e. The van der Waals surface area contributed by atoms with Crippen molar-refractivity contribution >= 4 is 23.5 Å². The van der Waals surface area contributed by atoms with E-state index >= 15 is 0 Å². The molecule has 1 atom stereocenters. The van der Waals surface area contributed by atoms with E-state index in [4.69, 9.17) is 0 Å². The van der Waals surface area contributed by atoms with Gasteiger partial charge in [0.15, 0.2) is 17.1 Å². The first-order valence-electron chi connectivity index (χ1n) is 11.1. The summed E-state index contributed by atoms with van der Waals surface area (Å²) in [6.07, 6.45) is 0. The lowest BCUT2D eigenvalue weighted by Gasteiger charge is -2.28. The fourth-order valence-electron chi connectivity index (χ4n) is 4.72. The zero-order valence-electron chi connectivity index (χ0n) is 19.9. The number of nitrogens with one attached hydrogen (secondary N) is 2. The number of carbonyl (C=O) groups is 4. The molecule has 2 N–H and O–H groups in total. The summed E-state index contributed by atoms with van der Waals surface area (Å²) in [7, 11) is 0. The largest absolute Gasteiger partial charge is 0.355 e. The van der Waals surface area contributed by atoms with Crippen LogP contribution in [-0.2, 0) is 10.3 Å². The topological polar surface area (TPSA) is 99.3 Å². The molecule has 0 bridgehead atoms. The summed E-state index contributed by atoms with van der Waals surface area (Å²) in [6.45, 7) is 8.32. The average molecular weight is 458 g/mol. The second-order valence-electron chi connectivity index (χ2n) is 8.84. The van der Waals surface area contributed by atoms with Crippen molar-refractivity contribution in [3.05, 3.63) is 93.3 Å². The number of hydrogen-bond acceptors (Lipinski definition) is 4. The van der Waals surface area contributed by atoms with Gasteiger partial charge in [0.25, 0.3) is 5.91 Å². The lowest BCUT2D eigenvalue weighted by molar-refractivity contribution is -0.129. The van der Waals surface area contributed by atoms with Crippen LogP contribution in [-0.4, -0.2) is 39.9 Å². The van der Waals surface area contributed by atoms with Crippen LogP contribution < -0.4 is 5.32 Å². The van der Waals surface area contributed by atoms with Gasteiger partial charge in [-0.15, -0.1) is 0 Å². The van der Waals surface area contributed by atoms with Crippen LogP contribution in [0.15, 0.2) is 48.5 Å². The van der Waals surface area contributed by atoms with Crippen LogP contribution in [0.4, 0.5) is 4.79 Å². The van der Waals surface area contributed by atoms with Crippen molar-refractivity contribution in [2.24, 2.45) is 0 Å². The standard InChI is InChI=1S/C27H27N3O4/c1-15-11-12-21(13-16(15)2)27(20-9-7-6-8-10-20)25(33)30(26(34)29-27)14-22(32)24-17(3)23(19(5)31)18(4)28-24/h6-13,28H,14H2,1-5H3,(H,29,34). The van der Waals surface area contributed by atoms with Gasteiger partial charge in [-0.25, -0.2) is 4.79 Å². The Bertz CT molecular complexity index is 1340. The van der Waals surface area contributed by atoms with Crippen LogP contribution in [0.25, 0.3) is 0 Å². The fraction of sp³-hybridized carbons (Fsp3) is 0.259. The first-order chi connectivity index (χ1) is 16.1. The van der Waals surface area contributed by atoms with Crippen molar-refractivity contribution in [1.29, 1.82) is 0 Å². The molecule has 3 amide bonds. The molecule has 3 aromatic rings. The van der Waals surface area contributed by atoms with Gasteiger partial charge in [-0.2, -0.15) is 0 Å². The lowest BCUT2D eigenvalue weighted by atomic mass is 9.81. The number of aromatic amines is 1. The third kappa shape index (κ3) is 3.53. The van der Waals surface area contributed by atoms with Gasteiger partial charge < -0.3 is 10.3 Å². The van der Waals surface area contributed by atoms with Gasteiger partial charge in [-0.1, -0.05) is 48.5 Å². The van der Waals surface area contributed by atoms with Gasteiger partial charge in [-0.05, 0) is 62.4 Å². The summed E-state index contributed by atoms with van der Waals surface area (Å²) < 4.78 is 0. The van der Waals surface area contributed by atoms with Crippen LogP contribution in [0.2, 0.25) is 0 Å². The Hall–Kier alpha value is -4.00. The molecule has 1 unspecified atom stereocenters. The van der Waals surface area contributed by atoms with Gasteiger partial charge in [0, 0.05) is 11.3 Å². The zero-order chi connectivity index (χ0) is 24.8. The summed E-state index contributed by atoms with van der Waals surface area (Å²) in [4.78, 5) is 56.0. The second-order valence-corrected chi connectivity index (χ2v) is 8.84. The minimum Gasteiger partial charge on any atom is -0.355 e. The van der Waals surface area contributed by atoms with E-state index in [2.05, 4.69) is 10.3 Å². The summed E-state index contributed by atoms with van der Waals surface area (Å²) in [5.74, 6) is -1.12. The highest BCUT2D eigenvalue weighted by molar-refractivity contribution is 6.13. The minimum absolute atomic E-state index is 0.155. The number of aromatic nitrogens is 1. The number of rotatable bonds is 6. The molecule has 1 aliphatic rings. The number of nitrogens with zero attached hydrogens (tertiary/aromatic N) is 1. The van der Waals surface area contributed by atoms with E-state index < -0.39 is 29.8 Å². The summed E-state index contributed by atoms with van der Waals surface area (Å²) in [5.41, 5.74) is 3.62. The first kappa shape index (κ1) is 23.2. The molecule has 1 aromatic heterocycles. The molecular formula is C27H27N3O4. The normalized spacial score (nSPS) is 17.7. The van der Waals surface area contributed by atoms with E-state index in [1.54, 1.807) is 38.1 Å². The highest BCUT2D eigenvalue weighted by atomic mass is 16.2. The third-order valence-electron chi connectivity index (χ3n) is 6.62. The fourth-order valence-corrected chi connectivity index (χ4v) is 4.72. The number of urea groups is 1. The van der Waals surface area contributed by atoms with E-state index in [0.29, 0.717) is 27.9 Å². The van der Waals surface area contributed by atoms with E-state index in [9.17, 15) is 19.2 Å². The van der Waals surface area contributed by atoms with Crippen molar-refractivity contribution < 1.29 is 19.2 Å². The summed E-state index contributed by atoms with van der Waals surface area (Å²) in [5, 5.41) is 2.87. The van der Waals surface area contributed by atoms with E-state index in [1.807, 2.05) is 38.1 Å². The van der Waals surface area contributed by atoms with Crippen LogP contribution >= 0.6 is 0 Å². The van der Waals surface area contributed by atoms with E-state index in [1.165, 1.54) is 6.92 Å². The number of carbonyl (C=O) groups excluding carboxylic acids is 4. The molecule has 2 heterocycles. The maximum absolute atomic E-state index is 13.9. The monoisotopic (exact) mass is 457 g/mol. The Morgan fingerprint density at radius 1 is 0.912 bits per heavy atom. The number of hydrogen-bond donors (Lipinski definition) is 2. The van der Waals surface area contributed by atoms with Crippen LogP contribution in [0, 0.1) is 27.7 Å². The van der Waals surface area contributed by atoms with Crippen molar-refractivity contribution in [1.82, 2.24) is 15.2 Å². The minimum atomic E-state index is -1.44. The number of ketones is 2. The van der Waals surface area contributed by atoms with Crippen molar-refractivity contribution in [3.8, 4) is 0 Å². The quantitative estimate of drug-likeness (QED) is 0.429. The SMILES string of the molecule is CC(=O)c1c(C)[nH]c(C(=O)CN2C(=O)NC(c3ccccc3)(c3ccc(C)c(C)c3)C2=O)c1C. The number of H-pyrrole nitrogens is 1. The maximum Gasteiger partial charge on any atom is 0.325 e. The van der Waals surface area contributed by atoms with Crippen molar-refractivity contribution in [2.45, 2.75) is 40.2 Å². The van der Waals surface area contributed by atoms with E-state index in [-0.39, 0.29) is 11.5 Å². The molecule has 7 nitrogen and oxygen atoms in total. The first-order valence-corrected chi connectivity index (χ1v) is 11.1. The molecule has 4 rings (SSSR count). The molecule has 0 radical (unpaired) electrons. The van der Waals surface area contributed by atoms with E-state index in [0.717, 1.165) is 16.0 Å². The van der Waals surface area contributed by atoms with Crippen molar-refractivity contribution in [3.63, 3.8) is 0 Å². The highest BCUT2D eigenvalue weighted by Crippen LogP contribution is 2.37. The van der Waals surface area contributed by atoms with Gasteiger partial charge in [0.2, 0.25) is 0 Å². The Morgan fingerprint density at radius 3 is 2.18 bits per heavy atom. The Kier molecular flexibility index (Phi) is 5.73. The van der Waals surface area contributed by atoms with Crippen LogP contribution in [0.3, 0.4) is 0 Å². The molecule has 0 spiro atoms. The molecule has 174 valence electrons. The number of amides is 3. The molecular weight excluding hydrogens is 430 g/mol. The lowest BCUT2D eigenvalue weighted by Crippen LogP contribution is -2.45. The molecule has 1 saturated heterocycles. The van der Waals surface area contributed by atoms with Crippen molar-refractivity contribution in [2.75, 3.05) is 6.54 Å². The second kappa shape index (κ2) is 8.41. The summed E-state index contributed by atoms with van der Waals surface area (Å²) in [6, 6.07) is 14.0. The number of aryl methyl sites for hydroxylation is 3. The maximum atomic E-state index is 13.9. The molecule has 2 aromatic carbocycles. The number of imide groups is 1. The number of benzene rings is 2. The van der Waals surface area contributed by atoms with Gasteiger partial charge in [-0.3, -0.25) is 19.3 Å². The number of Topliss-reactive ketones (excluding diaryl/α,β-unsaturated/α-hetero) is 2. The van der Waals surface area contributed by atoms with Gasteiger partial charge in [0.1, 0.15) is 0 Å².